The molecule has 1 amide bonds. The summed E-state index contributed by atoms with van der Waals surface area (Å²) in [7, 11) is -0.312. The summed E-state index contributed by atoms with van der Waals surface area (Å²) >= 11 is 6.78. The molecule has 1 aromatic heterocycles. The minimum atomic E-state index is -1.95. The van der Waals surface area contributed by atoms with E-state index in [1.54, 1.807) is 25.4 Å². The number of amides is 1. The van der Waals surface area contributed by atoms with Gasteiger partial charge in [-0.25, -0.2) is 9.37 Å². The number of pyridine rings is 1. The third-order valence-corrected chi connectivity index (χ3v) is 12.6. The maximum absolute atomic E-state index is 15.8. The highest BCUT2D eigenvalue weighted by Crippen LogP contribution is 2.57. The van der Waals surface area contributed by atoms with Gasteiger partial charge in [0.1, 0.15) is 11.6 Å². The van der Waals surface area contributed by atoms with Crippen LogP contribution in [0, 0.1) is 5.82 Å². The quantitative estimate of drug-likeness (QED) is 0.391. The van der Waals surface area contributed by atoms with E-state index in [0.717, 1.165) is 30.8 Å². The second kappa shape index (κ2) is 8.50. The Labute approximate surface area is 207 Å². The number of nitrogens with zero attached hydrogens (tertiary/aromatic N) is 2. The Morgan fingerprint density at radius 2 is 2.00 bits per heavy atom. The Hall–Kier alpha value is -2.16. The van der Waals surface area contributed by atoms with E-state index in [2.05, 4.69) is 44.2 Å². The molecular formula is C25H34ClFN4O2Si. The maximum Gasteiger partial charge on any atom is 0.258 e. The van der Waals surface area contributed by atoms with Gasteiger partial charge in [-0.1, -0.05) is 32.4 Å². The van der Waals surface area contributed by atoms with Crippen LogP contribution >= 0.6 is 11.6 Å². The van der Waals surface area contributed by atoms with Crippen LogP contribution in [0.15, 0.2) is 18.3 Å². The van der Waals surface area contributed by atoms with Gasteiger partial charge in [0.2, 0.25) is 0 Å². The van der Waals surface area contributed by atoms with E-state index in [0.29, 0.717) is 23.7 Å². The summed E-state index contributed by atoms with van der Waals surface area (Å²) in [6, 6.07) is 3.12. The monoisotopic (exact) mass is 504 g/mol. The number of hydrogen-bond acceptors (Lipinski definition) is 5. The minimum Gasteiger partial charge on any atom is -0.415 e. The SMILES string of the molecule is CN(CCO[Si](C)(C)C(C)(C)C)C(=O)c1c(N)ccc(-c2cnc3c(c2Cl)C2(CC2)CN3)c1F. The average Bonchev–Trinajstić information content (AvgIpc) is 3.42. The molecule has 2 aliphatic rings. The van der Waals surface area contributed by atoms with Crippen LogP contribution in [0.1, 0.15) is 49.5 Å². The summed E-state index contributed by atoms with van der Waals surface area (Å²) in [6.07, 6.45) is 3.64. The fourth-order valence-corrected chi connectivity index (χ4v) is 5.65. The Kier molecular flexibility index (Phi) is 6.23. The van der Waals surface area contributed by atoms with Gasteiger partial charge < -0.3 is 20.4 Å². The van der Waals surface area contributed by atoms with E-state index in [9.17, 15) is 4.79 Å². The van der Waals surface area contributed by atoms with Gasteiger partial charge in [0, 0.05) is 54.1 Å². The van der Waals surface area contributed by atoms with Crippen LogP contribution in [-0.2, 0) is 9.84 Å². The van der Waals surface area contributed by atoms with E-state index < -0.39 is 20.0 Å². The first kappa shape index (κ1) is 24.9. The van der Waals surface area contributed by atoms with E-state index >= 15 is 4.39 Å². The number of fused-ring (bicyclic) bond motifs is 2. The van der Waals surface area contributed by atoms with Gasteiger partial charge in [-0.2, -0.15) is 0 Å². The molecule has 1 aliphatic carbocycles. The number of nitrogen functional groups attached to an aromatic ring is 1. The first-order chi connectivity index (χ1) is 15.8. The molecule has 184 valence electrons. The van der Waals surface area contributed by atoms with Crippen molar-refractivity contribution < 1.29 is 13.6 Å². The highest BCUT2D eigenvalue weighted by atomic mass is 35.5. The van der Waals surface area contributed by atoms with Crippen molar-refractivity contribution in [3.05, 3.63) is 40.3 Å². The van der Waals surface area contributed by atoms with Crippen LogP contribution in [0.5, 0.6) is 0 Å². The van der Waals surface area contributed by atoms with Crippen LogP contribution in [0.25, 0.3) is 11.1 Å². The summed E-state index contributed by atoms with van der Waals surface area (Å²) < 4.78 is 22.0. The van der Waals surface area contributed by atoms with Crippen molar-refractivity contribution >= 4 is 37.3 Å². The van der Waals surface area contributed by atoms with Crippen LogP contribution < -0.4 is 11.1 Å². The molecule has 0 saturated heterocycles. The van der Waals surface area contributed by atoms with E-state index in [4.69, 9.17) is 21.8 Å². The minimum absolute atomic E-state index is 0.00270. The molecule has 1 fully saturated rings. The number of anilines is 2. The van der Waals surface area contributed by atoms with Gasteiger partial charge in [-0.15, -0.1) is 0 Å². The molecule has 4 rings (SSSR count). The summed E-state index contributed by atoms with van der Waals surface area (Å²) in [5.41, 5.74) is 7.68. The van der Waals surface area contributed by atoms with Gasteiger partial charge in [-0.3, -0.25) is 4.79 Å². The highest BCUT2D eigenvalue weighted by molar-refractivity contribution is 6.74. The lowest BCUT2D eigenvalue weighted by molar-refractivity contribution is 0.0766. The van der Waals surface area contributed by atoms with Crippen LogP contribution in [0.2, 0.25) is 23.2 Å². The van der Waals surface area contributed by atoms with Gasteiger partial charge in [0.15, 0.2) is 8.32 Å². The van der Waals surface area contributed by atoms with Crippen molar-refractivity contribution in [1.82, 2.24) is 9.88 Å². The van der Waals surface area contributed by atoms with Gasteiger partial charge in [0.25, 0.3) is 5.91 Å². The zero-order chi connectivity index (χ0) is 25.1. The third kappa shape index (κ3) is 4.20. The average molecular weight is 505 g/mol. The van der Waals surface area contributed by atoms with Crippen molar-refractivity contribution in [3.63, 3.8) is 0 Å². The largest absolute Gasteiger partial charge is 0.415 e. The molecule has 0 atom stereocenters. The molecule has 0 bridgehead atoms. The molecular weight excluding hydrogens is 471 g/mol. The van der Waals surface area contributed by atoms with E-state index in [1.807, 2.05) is 0 Å². The number of nitrogens with one attached hydrogen (secondary N) is 1. The van der Waals surface area contributed by atoms with Crippen LogP contribution in [0.4, 0.5) is 15.9 Å². The first-order valence-electron chi connectivity index (χ1n) is 11.7. The standard InChI is InChI=1S/C25H34ClFN4O2Si/c1-24(2,3)34(5,6)33-12-11-31(4)23(32)18-17(28)8-7-15(21(18)27)16-13-29-22-19(20(16)26)25(9-10-25)14-30-22/h7-8,13H,9-12,14,28H2,1-6H3,(H,29,30). The number of benzene rings is 1. The van der Waals surface area contributed by atoms with Crippen molar-refractivity contribution in [3.8, 4) is 11.1 Å². The molecule has 2 heterocycles. The zero-order valence-corrected chi connectivity index (χ0v) is 22.6. The Balaban J connectivity index is 1.59. The fraction of sp³-hybridized carbons (Fsp3) is 0.520. The summed E-state index contributed by atoms with van der Waals surface area (Å²) in [4.78, 5) is 19.2. The molecule has 1 aromatic carbocycles. The number of nitrogens with two attached hydrogens (primary N) is 1. The zero-order valence-electron chi connectivity index (χ0n) is 20.8. The molecule has 0 radical (unpaired) electrons. The molecule has 34 heavy (non-hydrogen) atoms. The molecule has 1 spiro atoms. The van der Waals surface area contributed by atoms with E-state index in [1.165, 1.54) is 4.90 Å². The van der Waals surface area contributed by atoms with Crippen molar-refractivity contribution in [2.75, 3.05) is 37.8 Å². The van der Waals surface area contributed by atoms with Crippen molar-refractivity contribution in [2.45, 2.75) is 57.2 Å². The second-order valence-corrected chi connectivity index (χ2v) is 16.3. The van der Waals surface area contributed by atoms with Crippen LogP contribution in [-0.4, -0.2) is 50.9 Å². The Morgan fingerprint density at radius 3 is 2.62 bits per heavy atom. The lowest BCUT2D eigenvalue weighted by Gasteiger charge is -2.36. The predicted octanol–water partition coefficient (Wildman–Crippen LogP) is 5.67. The summed E-state index contributed by atoms with van der Waals surface area (Å²) in [6.45, 7) is 12.3. The Bertz CT molecular complexity index is 1140. The molecule has 1 saturated carbocycles. The predicted molar refractivity (Wildman–Crippen MR) is 139 cm³/mol. The molecule has 6 nitrogen and oxygen atoms in total. The number of likely N-dealkylation sites (N-methyl/N-ethyl adjacent to an activating group) is 1. The van der Waals surface area contributed by atoms with Crippen molar-refractivity contribution in [1.29, 1.82) is 0 Å². The number of carbonyl (C=O) groups is 1. The lowest BCUT2D eigenvalue weighted by atomic mass is 9.95. The maximum atomic E-state index is 15.8. The topological polar surface area (TPSA) is 80.5 Å². The second-order valence-electron chi connectivity index (χ2n) is 11.1. The third-order valence-electron chi connectivity index (χ3n) is 7.71. The molecule has 0 unspecified atom stereocenters. The molecule has 9 heteroatoms. The normalized spacial score (nSPS) is 16.4. The number of hydrogen-bond donors (Lipinski definition) is 2. The summed E-state index contributed by atoms with van der Waals surface area (Å²) in [5, 5.41) is 3.86. The molecule has 1 aliphatic heterocycles. The smallest absolute Gasteiger partial charge is 0.258 e. The number of aromatic nitrogens is 1. The van der Waals surface area contributed by atoms with Gasteiger partial charge >= 0.3 is 0 Å². The fourth-order valence-electron chi connectivity index (χ4n) is 4.18. The van der Waals surface area contributed by atoms with E-state index in [-0.39, 0.29) is 27.3 Å². The first-order valence-corrected chi connectivity index (χ1v) is 15.0. The van der Waals surface area contributed by atoms with Crippen LogP contribution in [0.3, 0.4) is 0 Å². The summed E-state index contributed by atoms with van der Waals surface area (Å²) in [5.74, 6) is -0.400. The van der Waals surface area contributed by atoms with Gasteiger partial charge in [0.05, 0.1) is 17.2 Å². The Morgan fingerprint density at radius 1 is 1.32 bits per heavy atom. The van der Waals surface area contributed by atoms with Gasteiger partial charge in [-0.05, 0) is 43.1 Å². The highest BCUT2D eigenvalue weighted by Gasteiger charge is 2.51. The lowest BCUT2D eigenvalue weighted by Crippen LogP contribution is -2.43. The number of carbonyl (C=O) groups excluding carboxylic acids is 1. The number of rotatable bonds is 6. The molecule has 2 aromatic rings. The van der Waals surface area contributed by atoms with Crippen molar-refractivity contribution in [2.24, 2.45) is 0 Å². The number of halogens is 2. The molecule has 3 N–H and O–H groups in total.